The predicted molar refractivity (Wildman–Crippen MR) is 107 cm³/mol. The van der Waals surface area contributed by atoms with Gasteiger partial charge in [0, 0.05) is 16.3 Å². The first-order chi connectivity index (χ1) is 13.2. The van der Waals surface area contributed by atoms with Gasteiger partial charge in [0.2, 0.25) is 0 Å². The molecule has 0 aliphatic carbocycles. The molecule has 2 aromatic rings. The Hall–Kier alpha value is -2.86. The summed E-state index contributed by atoms with van der Waals surface area (Å²) in [6, 6.07) is 9.99. The molecule has 0 spiro atoms. The van der Waals surface area contributed by atoms with Gasteiger partial charge in [-0.2, -0.15) is 0 Å². The Morgan fingerprint density at radius 2 is 1.75 bits per heavy atom. The van der Waals surface area contributed by atoms with Gasteiger partial charge >= 0.3 is 5.97 Å². The number of aryl methyl sites for hydroxylation is 2. The fourth-order valence-corrected chi connectivity index (χ4v) is 2.93. The molecule has 0 aliphatic heterocycles. The van der Waals surface area contributed by atoms with Crippen LogP contribution in [0.2, 0.25) is 5.02 Å². The number of rotatable bonds is 7. The first-order valence-electron chi connectivity index (χ1n) is 8.68. The zero-order chi connectivity index (χ0) is 20.8. The monoisotopic (exact) mass is 403 g/mol. The Balaban J connectivity index is 1.90. The van der Waals surface area contributed by atoms with Crippen molar-refractivity contribution in [2.45, 2.75) is 33.8 Å². The number of esters is 1. The minimum absolute atomic E-state index is 0.111. The summed E-state index contributed by atoms with van der Waals surface area (Å²) in [6.45, 7) is 6.21. The molecule has 2 rings (SSSR count). The highest BCUT2D eigenvalue weighted by atomic mass is 35.5. The number of benzene rings is 2. The third-order valence-corrected chi connectivity index (χ3v) is 4.19. The number of amides is 1. The quantitative estimate of drug-likeness (QED) is 0.555. The second kappa shape index (κ2) is 9.37. The molecule has 1 atom stereocenters. The van der Waals surface area contributed by atoms with Crippen molar-refractivity contribution in [3.63, 3.8) is 0 Å². The normalized spacial score (nSPS) is 11.5. The molecule has 148 valence electrons. The average molecular weight is 404 g/mol. The second-order valence-corrected chi connectivity index (χ2v) is 6.85. The van der Waals surface area contributed by atoms with Crippen LogP contribution in [0.15, 0.2) is 36.4 Å². The summed E-state index contributed by atoms with van der Waals surface area (Å²) in [4.78, 5) is 35.7. The summed E-state index contributed by atoms with van der Waals surface area (Å²) in [5.41, 5.74) is 2.52. The van der Waals surface area contributed by atoms with E-state index in [9.17, 15) is 14.4 Å². The highest BCUT2D eigenvalue weighted by Gasteiger charge is 2.19. The van der Waals surface area contributed by atoms with E-state index in [1.54, 1.807) is 36.4 Å². The van der Waals surface area contributed by atoms with Crippen molar-refractivity contribution < 1.29 is 23.9 Å². The summed E-state index contributed by atoms with van der Waals surface area (Å²) in [6.07, 6.45) is -1.02. The van der Waals surface area contributed by atoms with Crippen LogP contribution >= 0.6 is 11.6 Å². The van der Waals surface area contributed by atoms with Crippen molar-refractivity contribution in [1.82, 2.24) is 0 Å². The summed E-state index contributed by atoms with van der Waals surface area (Å²) < 4.78 is 10.6. The lowest BCUT2D eigenvalue weighted by Gasteiger charge is -2.15. The van der Waals surface area contributed by atoms with Gasteiger partial charge < -0.3 is 14.8 Å². The first kappa shape index (κ1) is 21.4. The Kier molecular flexibility index (Phi) is 7.18. The van der Waals surface area contributed by atoms with Gasteiger partial charge in [0.05, 0.1) is 0 Å². The molecule has 7 heteroatoms. The van der Waals surface area contributed by atoms with Crippen LogP contribution in [-0.4, -0.2) is 30.4 Å². The van der Waals surface area contributed by atoms with Gasteiger partial charge in [0.1, 0.15) is 5.75 Å². The van der Waals surface area contributed by atoms with E-state index in [4.69, 9.17) is 21.1 Å². The Labute approximate surface area is 168 Å². The van der Waals surface area contributed by atoms with Gasteiger partial charge in [-0.05, 0) is 63.1 Å². The number of carbonyl (C=O) groups is 3. The Morgan fingerprint density at radius 3 is 2.36 bits per heavy atom. The molecule has 6 nitrogen and oxygen atoms in total. The third kappa shape index (κ3) is 5.82. The van der Waals surface area contributed by atoms with Gasteiger partial charge in [-0.25, -0.2) is 4.79 Å². The molecule has 1 amide bonds. The zero-order valence-electron chi connectivity index (χ0n) is 16.2. The molecule has 0 unspecified atom stereocenters. The lowest BCUT2D eigenvalue weighted by atomic mass is 10.1. The number of Topliss-reactive ketones (excluding diaryl/α,β-unsaturated/α-hetero) is 1. The molecule has 0 saturated heterocycles. The largest absolute Gasteiger partial charge is 0.481 e. The topological polar surface area (TPSA) is 81.7 Å². The molecule has 1 N–H and O–H groups in total. The standard InChI is InChI=1S/C21H22ClNO5/c1-12-8-17(22)9-13(2)20(12)27-11-19(25)28-15(4)21(26)23-18-7-5-6-16(10-18)14(3)24/h5-10,15H,11H2,1-4H3,(H,23,26)/t15-/m0/s1. The maximum Gasteiger partial charge on any atom is 0.344 e. The fourth-order valence-electron chi connectivity index (χ4n) is 2.60. The van der Waals surface area contributed by atoms with E-state index in [1.165, 1.54) is 13.8 Å². The number of nitrogens with one attached hydrogen (secondary N) is 1. The van der Waals surface area contributed by atoms with Crippen LogP contribution in [0, 0.1) is 13.8 Å². The minimum Gasteiger partial charge on any atom is -0.481 e. The fraction of sp³-hybridized carbons (Fsp3) is 0.286. The molecule has 28 heavy (non-hydrogen) atoms. The molecule has 0 saturated carbocycles. The average Bonchev–Trinajstić information content (AvgIpc) is 2.60. The second-order valence-electron chi connectivity index (χ2n) is 6.42. The maximum atomic E-state index is 12.2. The predicted octanol–water partition coefficient (Wildman–Crippen LogP) is 4.11. The maximum absolute atomic E-state index is 12.2. The van der Waals surface area contributed by atoms with Crippen LogP contribution in [0.3, 0.4) is 0 Å². The van der Waals surface area contributed by atoms with Crippen LogP contribution in [0.5, 0.6) is 5.75 Å². The highest BCUT2D eigenvalue weighted by molar-refractivity contribution is 6.30. The summed E-state index contributed by atoms with van der Waals surface area (Å²) in [5, 5.41) is 3.20. The lowest BCUT2D eigenvalue weighted by molar-refractivity contribution is -0.155. The number of hydrogen-bond acceptors (Lipinski definition) is 5. The van der Waals surface area contributed by atoms with E-state index in [-0.39, 0.29) is 12.4 Å². The molecule has 0 bridgehead atoms. The molecule has 0 aliphatic rings. The summed E-state index contributed by atoms with van der Waals surface area (Å²) in [7, 11) is 0. The van der Waals surface area contributed by atoms with E-state index >= 15 is 0 Å². The molecular formula is C21H22ClNO5. The lowest BCUT2D eigenvalue weighted by Crippen LogP contribution is -2.31. The number of hydrogen-bond donors (Lipinski definition) is 1. The smallest absolute Gasteiger partial charge is 0.344 e. The number of anilines is 1. The number of carbonyl (C=O) groups excluding carboxylic acids is 3. The molecular weight excluding hydrogens is 382 g/mol. The van der Waals surface area contributed by atoms with E-state index in [1.807, 2.05) is 13.8 Å². The number of ketones is 1. The van der Waals surface area contributed by atoms with Crippen LogP contribution in [-0.2, 0) is 14.3 Å². The Morgan fingerprint density at radius 1 is 1.11 bits per heavy atom. The van der Waals surface area contributed by atoms with Crippen LogP contribution in [0.4, 0.5) is 5.69 Å². The summed E-state index contributed by atoms with van der Waals surface area (Å²) >= 11 is 5.97. The molecule has 0 aromatic heterocycles. The third-order valence-electron chi connectivity index (χ3n) is 3.97. The highest BCUT2D eigenvalue weighted by Crippen LogP contribution is 2.27. The van der Waals surface area contributed by atoms with Gasteiger partial charge in [0.25, 0.3) is 5.91 Å². The van der Waals surface area contributed by atoms with Crippen molar-refractivity contribution in [1.29, 1.82) is 0 Å². The Bertz CT molecular complexity index is 886. The molecule has 0 fully saturated rings. The van der Waals surface area contributed by atoms with Crippen molar-refractivity contribution in [3.8, 4) is 5.75 Å². The minimum atomic E-state index is -1.02. The molecule has 0 radical (unpaired) electrons. The van der Waals surface area contributed by atoms with Crippen LogP contribution in [0.1, 0.15) is 35.3 Å². The van der Waals surface area contributed by atoms with Gasteiger partial charge in [-0.3, -0.25) is 9.59 Å². The van der Waals surface area contributed by atoms with Gasteiger partial charge in [-0.1, -0.05) is 23.7 Å². The van der Waals surface area contributed by atoms with E-state index in [0.717, 1.165) is 11.1 Å². The van der Waals surface area contributed by atoms with Gasteiger partial charge in [0.15, 0.2) is 18.5 Å². The van der Waals surface area contributed by atoms with Crippen molar-refractivity contribution in [2.24, 2.45) is 0 Å². The SMILES string of the molecule is CC(=O)c1cccc(NC(=O)[C@H](C)OC(=O)COc2c(C)cc(Cl)cc2C)c1. The van der Waals surface area contributed by atoms with E-state index in [0.29, 0.717) is 22.0 Å². The van der Waals surface area contributed by atoms with Crippen molar-refractivity contribution >= 4 is 34.9 Å². The van der Waals surface area contributed by atoms with Crippen molar-refractivity contribution in [2.75, 3.05) is 11.9 Å². The van der Waals surface area contributed by atoms with Crippen LogP contribution in [0.25, 0.3) is 0 Å². The zero-order valence-corrected chi connectivity index (χ0v) is 16.9. The molecule has 2 aromatic carbocycles. The number of ether oxygens (including phenoxy) is 2. The van der Waals surface area contributed by atoms with Crippen LogP contribution < -0.4 is 10.1 Å². The van der Waals surface area contributed by atoms with E-state index in [2.05, 4.69) is 5.32 Å². The van der Waals surface area contributed by atoms with E-state index < -0.39 is 18.0 Å². The summed E-state index contributed by atoms with van der Waals surface area (Å²) in [5.74, 6) is -0.734. The van der Waals surface area contributed by atoms with Crippen molar-refractivity contribution in [3.05, 3.63) is 58.1 Å². The van der Waals surface area contributed by atoms with Gasteiger partial charge in [-0.15, -0.1) is 0 Å². The number of halogens is 1. The molecule has 0 heterocycles. The first-order valence-corrected chi connectivity index (χ1v) is 9.06.